The molecule has 0 saturated heterocycles. The number of aromatic nitrogens is 2. The van der Waals surface area contributed by atoms with Crippen LogP contribution in [0.25, 0.3) is 11.4 Å². The van der Waals surface area contributed by atoms with Crippen molar-refractivity contribution in [3.63, 3.8) is 0 Å². The van der Waals surface area contributed by atoms with Gasteiger partial charge in [-0.25, -0.2) is 8.42 Å². The number of nitro groups is 1. The van der Waals surface area contributed by atoms with Crippen molar-refractivity contribution in [3.05, 3.63) is 69.6 Å². The van der Waals surface area contributed by atoms with Gasteiger partial charge in [-0.1, -0.05) is 35.0 Å². The molecule has 3 rings (SSSR count). The molecule has 0 radical (unpaired) electrons. The molecule has 146 valence electrons. The Hall–Kier alpha value is -3.11. The topological polar surface area (TPSA) is 119 Å². The summed E-state index contributed by atoms with van der Waals surface area (Å²) in [5, 5.41) is 14.9. The third-order valence-electron chi connectivity index (χ3n) is 4.17. The highest BCUT2D eigenvalue weighted by atomic mass is 32.2. The molecule has 0 aliphatic heterocycles. The van der Waals surface area contributed by atoms with Crippen LogP contribution in [0.15, 0.2) is 51.9 Å². The van der Waals surface area contributed by atoms with E-state index in [2.05, 4.69) is 10.1 Å². The van der Waals surface area contributed by atoms with E-state index in [1.54, 1.807) is 6.92 Å². The predicted molar refractivity (Wildman–Crippen MR) is 101 cm³/mol. The summed E-state index contributed by atoms with van der Waals surface area (Å²) < 4.78 is 31.9. The first-order valence-electron chi connectivity index (χ1n) is 8.29. The largest absolute Gasteiger partial charge is 0.338 e. The van der Waals surface area contributed by atoms with Crippen molar-refractivity contribution in [2.75, 3.05) is 7.05 Å². The number of aryl methyl sites for hydroxylation is 2. The molecular weight excluding hydrogens is 384 g/mol. The number of hydrogen-bond donors (Lipinski definition) is 0. The maximum atomic E-state index is 12.9. The van der Waals surface area contributed by atoms with Crippen molar-refractivity contribution in [2.45, 2.75) is 25.3 Å². The van der Waals surface area contributed by atoms with Gasteiger partial charge < -0.3 is 4.52 Å². The molecule has 0 N–H and O–H groups in total. The summed E-state index contributed by atoms with van der Waals surface area (Å²) in [6.07, 6.45) is 0. The summed E-state index contributed by atoms with van der Waals surface area (Å²) in [5.74, 6) is 0.474. The molecule has 0 bridgehead atoms. The van der Waals surface area contributed by atoms with Crippen LogP contribution in [-0.2, 0) is 16.6 Å². The van der Waals surface area contributed by atoms with Gasteiger partial charge in [-0.2, -0.15) is 9.29 Å². The van der Waals surface area contributed by atoms with Crippen molar-refractivity contribution in [1.82, 2.24) is 14.4 Å². The number of sulfonamides is 1. The lowest BCUT2D eigenvalue weighted by atomic mass is 10.1. The van der Waals surface area contributed by atoms with E-state index in [0.29, 0.717) is 11.4 Å². The van der Waals surface area contributed by atoms with E-state index in [-0.39, 0.29) is 23.0 Å². The Morgan fingerprint density at radius 1 is 1.18 bits per heavy atom. The molecule has 0 atom stereocenters. The number of nitrogens with zero attached hydrogens (tertiary/aromatic N) is 4. The smallest absolute Gasteiger partial charge is 0.270 e. The average molecular weight is 402 g/mol. The van der Waals surface area contributed by atoms with Crippen LogP contribution in [0.2, 0.25) is 0 Å². The summed E-state index contributed by atoms with van der Waals surface area (Å²) >= 11 is 0. The molecule has 0 saturated carbocycles. The van der Waals surface area contributed by atoms with E-state index in [9.17, 15) is 18.5 Å². The fourth-order valence-electron chi connectivity index (χ4n) is 2.64. The first kappa shape index (κ1) is 19.6. The number of nitro benzene ring substituents is 1. The van der Waals surface area contributed by atoms with E-state index in [1.807, 2.05) is 31.2 Å². The number of rotatable bonds is 6. The molecule has 1 aromatic heterocycles. The van der Waals surface area contributed by atoms with Gasteiger partial charge in [0.05, 0.1) is 16.4 Å². The Morgan fingerprint density at radius 2 is 1.93 bits per heavy atom. The van der Waals surface area contributed by atoms with Crippen LogP contribution in [0.3, 0.4) is 0 Å². The zero-order chi connectivity index (χ0) is 20.5. The molecule has 28 heavy (non-hydrogen) atoms. The summed E-state index contributed by atoms with van der Waals surface area (Å²) in [5.41, 5.74) is 1.90. The van der Waals surface area contributed by atoms with Crippen molar-refractivity contribution in [1.29, 1.82) is 0 Å². The summed E-state index contributed by atoms with van der Waals surface area (Å²) in [7, 11) is -2.63. The number of non-ortho nitro benzene ring substituents is 1. The van der Waals surface area contributed by atoms with Crippen molar-refractivity contribution >= 4 is 15.7 Å². The molecule has 0 unspecified atom stereocenters. The standard InChI is InChI=1S/C18H18N4O5S/c1-12-5-4-6-14(9-12)18-19-17(27-20-18)11-21(3)28(25,26)16-10-15(22(23)24)8-7-13(16)2/h4-10H,11H2,1-3H3. The van der Waals surface area contributed by atoms with Crippen LogP contribution < -0.4 is 0 Å². The lowest BCUT2D eigenvalue weighted by molar-refractivity contribution is -0.385. The molecule has 10 heteroatoms. The van der Waals surface area contributed by atoms with E-state index in [0.717, 1.165) is 21.5 Å². The van der Waals surface area contributed by atoms with Gasteiger partial charge in [-0.3, -0.25) is 10.1 Å². The number of hydrogen-bond acceptors (Lipinski definition) is 7. The van der Waals surface area contributed by atoms with Crippen LogP contribution in [0.4, 0.5) is 5.69 Å². The lowest BCUT2D eigenvalue weighted by Crippen LogP contribution is -2.27. The van der Waals surface area contributed by atoms with Crippen LogP contribution in [-0.4, -0.2) is 34.8 Å². The number of benzene rings is 2. The molecule has 2 aromatic carbocycles. The quantitative estimate of drug-likeness (QED) is 0.459. The normalized spacial score (nSPS) is 11.7. The Morgan fingerprint density at radius 3 is 2.61 bits per heavy atom. The highest BCUT2D eigenvalue weighted by Crippen LogP contribution is 2.25. The van der Waals surface area contributed by atoms with Gasteiger partial charge in [-0.15, -0.1) is 0 Å². The second-order valence-electron chi connectivity index (χ2n) is 6.35. The molecular formula is C18H18N4O5S. The van der Waals surface area contributed by atoms with Crippen molar-refractivity contribution < 1.29 is 17.9 Å². The average Bonchev–Trinajstić information content (AvgIpc) is 3.10. The van der Waals surface area contributed by atoms with Gasteiger partial charge in [0.1, 0.15) is 0 Å². The minimum Gasteiger partial charge on any atom is -0.338 e. The Kier molecular flexibility index (Phi) is 5.25. The summed E-state index contributed by atoms with van der Waals surface area (Å²) in [4.78, 5) is 14.5. The molecule has 0 amide bonds. The second kappa shape index (κ2) is 7.49. The molecule has 0 aliphatic carbocycles. The molecule has 0 aliphatic rings. The minimum absolute atomic E-state index is 0.116. The van der Waals surface area contributed by atoms with Crippen LogP contribution >= 0.6 is 0 Å². The van der Waals surface area contributed by atoms with Gasteiger partial charge in [0.2, 0.25) is 21.7 Å². The minimum atomic E-state index is -3.98. The maximum absolute atomic E-state index is 12.9. The zero-order valence-electron chi connectivity index (χ0n) is 15.5. The van der Waals surface area contributed by atoms with Crippen molar-refractivity contribution in [2.24, 2.45) is 0 Å². The van der Waals surface area contributed by atoms with E-state index < -0.39 is 14.9 Å². The fraction of sp³-hybridized carbons (Fsp3) is 0.222. The predicted octanol–water partition coefficient (Wildman–Crippen LogP) is 3.08. The summed E-state index contributed by atoms with van der Waals surface area (Å²) in [6.45, 7) is 3.35. The maximum Gasteiger partial charge on any atom is 0.270 e. The Bertz CT molecular complexity index is 1140. The third kappa shape index (κ3) is 3.92. The molecule has 0 spiro atoms. The van der Waals surface area contributed by atoms with Gasteiger partial charge in [0.25, 0.3) is 5.69 Å². The fourth-order valence-corrected chi connectivity index (χ4v) is 4.00. The zero-order valence-corrected chi connectivity index (χ0v) is 16.3. The Balaban J connectivity index is 1.86. The molecule has 1 heterocycles. The Labute approximate surface area is 161 Å². The van der Waals surface area contributed by atoms with Gasteiger partial charge >= 0.3 is 0 Å². The summed E-state index contributed by atoms with van der Waals surface area (Å²) in [6, 6.07) is 11.2. The first-order valence-corrected chi connectivity index (χ1v) is 9.73. The molecule has 9 nitrogen and oxygen atoms in total. The van der Waals surface area contributed by atoms with E-state index >= 15 is 0 Å². The highest BCUT2D eigenvalue weighted by Gasteiger charge is 2.27. The third-order valence-corrected chi connectivity index (χ3v) is 6.12. The van der Waals surface area contributed by atoms with Gasteiger partial charge in [0, 0.05) is 24.7 Å². The molecule has 0 fully saturated rings. The highest BCUT2D eigenvalue weighted by molar-refractivity contribution is 7.89. The monoisotopic (exact) mass is 402 g/mol. The van der Waals surface area contributed by atoms with Gasteiger partial charge in [-0.05, 0) is 25.5 Å². The van der Waals surface area contributed by atoms with E-state index in [4.69, 9.17) is 4.52 Å². The molecule has 3 aromatic rings. The van der Waals surface area contributed by atoms with Crippen molar-refractivity contribution in [3.8, 4) is 11.4 Å². The first-order chi connectivity index (χ1) is 13.2. The van der Waals surface area contributed by atoms with E-state index in [1.165, 1.54) is 19.2 Å². The lowest BCUT2D eigenvalue weighted by Gasteiger charge is -2.16. The van der Waals surface area contributed by atoms with Crippen LogP contribution in [0.5, 0.6) is 0 Å². The van der Waals surface area contributed by atoms with Crippen LogP contribution in [0.1, 0.15) is 17.0 Å². The van der Waals surface area contributed by atoms with Crippen LogP contribution in [0, 0.1) is 24.0 Å². The second-order valence-corrected chi connectivity index (χ2v) is 8.36. The SMILES string of the molecule is Cc1cccc(-c2noc(CN(C)S(=O)(=O)c3cc([N+](=O)[O-])ccc3C)n2)c1. The van der Waals surface area contributed by atoms with Gasteiger partial charge in [0.15, 0.2) is 0 Å².